The van der Waals surface area contributed by atoms with Crippen LogP contribution in [0.5, 0.6) is 5.75 Å². The Morgan fingerprint density at radius 2 is 2.05 bits per heavy atom. The zero-order valence-electron chi connectivity index (χ0n) is 10.8. The lowest BCUT2D eigenvalue weighted by atomic mass is 10.1. The van der Waals surface area contributed by atoms with Gasteiger partial charge in [-0.2, -0.15) is 5.26 Å². The van der Waals surface area contributed by atoms with Crippen LogP contribution in [0.15, 0.2) is 42.5 Å². The van der Waals surface area contributed by atoms with Gasteiger partial charge in [0.15, 0.2) is 0 Å². The molecule has 0 amide bonds. The molecule has 0 bridgehead atoms. The van der Waals surface area contributed by atoms with Crippen LogP contribution in [0.4, 0.5) is 11.4 Å². The van der Waals surface area contributed by atoms with Gasteiger partial charge in [-0.05, 0) is 36.8 Å². The Morgan fingerprint density at radius 1 is 1.20 bits per heavy atom. The zero-order valence-corrected chi connectivity index (χ0v) is 11.6. The molecule has 20 heavy (non-hydrogen) atoms. The van der Waals surface area contributed by atoms with Crippen LogP contribution in [0.25, 0.3) is 0 Å². The molecule has 0 fully saturated rings. The summed E-state index contributed by atoms with van der Waals surface area (Å²) < 4.78 is 5.75. The summed E-state index contributed by atoms with van der Waals surface area (Å²) in [5.41, 5.74) is 2.51. The monoisotopic (exact) mass is 284 g/mol. The molecule has 0 spiro atoms. The molecule has 3 rings (SSSR count). The number of anilines is 2. The first kappa shape index (κ1) is 12.8. The summed E-state index contributed by atoms with van der Waals surface area (Å²) in [5, 5.41) is 9.43. The summed E-state index contributed by atoms with van der Waals surface area (Å²) >= 11 is 6.14. The lowest BCUT2D eigenvalue weighted by molar-refractivity contribution is 0.322. The predicted octanol–water partition coefficient (Wildman–Crippen LogP) is 4.13. The number of halogens is 1. The van der Waals surface area contributed by atoms with E-state index >= 15 is 0 Å². The predicted molar refractivity (Wildman–Crippen MR) is 79.7 cm³/mol. The highest BCUT2D eigenvalue weighted by molar-refractivity contribution is 6.32. The van der Waals surface area contributed by atoms with Crippen molar-refractivity contribution < 1.29 is 4.74 Å². The van der Waals surface area contributed by atoms with Crippen molar-refractivity contribution in [2.45, 2.75) is 6.42 Å². The number of benzene rings is 2. The normalized spacial score (nSPS) is 13.9. The fourth-order valence-corrected chi connectivity index (χ4v) is 2.58. The van der Waals surface area contributed by atoms with Gasteiger partial charge in [0, 0.05) is 12.2 Å². The van der Waals surface area contributed by atoms with Gasteiger partial charge in [0.05, 0.1) is 22.9 Å². The molecule has 4 heteroatoms. The summed E-state index contributed by atoms with van der Waals surface area (Å²) in [5.74, 6) is 0.880. The van der Waals surface area contributed by atoms with E-state index in [-0.39, 0.29) is 0 Å². The second-order valence-electron chi connectivity index (χ2n) is 4.60. The number of nitriles is 1. The Bertz CT molecular complexity index is 678. The molecule has 0 unspecified atom stereocenters. The summed E-state index contributed by atoms with van der Waals surface area (Å²) in [6.45, 7) is 1.57. The van der Waals surface area contributed by atoms with Gasteiger partial charge in [-0.25, -0.2) is 0 Å². The third kappa shape index (κ3) is 2.31. The second-order valence-corrected chi connectivity index (χ2v) is 5.00. The van der Waals surface area contributed by atoms with Crippen LogP contribution in [-0.4, -0.2) is 13.2 Å². The first-order valence-corrected chi connectivity index (χ1v) is 6.86. The third-order valence-corrected chi connectivity index (χ3v) is 3.64. The van der Waals surface area contributed by atoms with E-state index in [1.54, 1.807) is 6.07 Å². The maximum absolute atomic E-state index is 8.95. The molecule has 0 aromatic heterocycles. The maximum Gasteiger partial charge on any atom is 0.142 e. The number of rotatable bonds is 1. The van der Waals surface area contributed by atoms with Crippen molar-refractivity contribution in [3.8, 4) is 11.8 Å². The molecule has 1 aliphatic heterocycles. The van der Waals surface area contributed by atoms with E-state index in [1.165, 1.54) is 0 Å². The van der Waals surface area contributed by atoms with Crippen LogP contribution in [-0.2, 0) is 0 Å². The fraction of sp³-hybridized carbons (Fsp3) is 0.188. The first-order valence-electron chi connectivity index (χ1n) is 6.48. The molecule has 2 aromatic rings. The van der Waals surface area contributed by atoms with Crippen LogP contribution in [0.1, 0.15) is 12.0 Å². The average molecular weight is 285 g/mol. The van der Waals surface area contributed by atoms with Crippen LogP contribution < -0.4 is 9.64 Å². The summed E-state index contributed by atoms with van der Waals surface area (Å²) in [6, 6.07) is 15.6. The van der Waals surface area contributed by atoms with Crippen LogP contribution >= 0.6 is 11.6 Å². The van der Waals surface area contributed by atoms with Crippen LogP contribution in [0.2, 0.25) is 5.02 Å². The zero-order chi connectivity index (χ0) is 13.9. The molecular formula is C16H13ClN2O. The summed E-state index contributed by atoms with van der Waals surface area (Å²) in [6.07, 6.45) is 0.937. The summed E-state index contributed by atoms with van der Waals surface area (Å²) in [7, 11) is 0. The highest BCUT2D eigenvalue weighted by Crippen LogP contribution is 2.36. The minimum atomic E-state index is 0.479. The minimum Gasteiger partial charge on any atom is -0.491 e. The number of ether oxygens (including phenoxy) is 1. The number of hydrogen-bond acceptors (Lipinski definition) is 3. The third-order valence-electron chi connectivity index (χ3n) is 3.32. The lowest BCUT2D eigenvalue weighted by Crippen LogP contribution is -2.17. The van der Waals surface area contributed by atoms with E-state index in [2.05, 4.69) is 11.0 Å². The molecule has 0 saturated heterocycles. The fourth-order valence-electron chi connectivity index (χ4n) is 2.36. The maximum atomic E-state index is 8.95. The van der Waals surface area contributed by atoms with E-state index in [0.717, 1.165) is 30.1 Å². The largest absolute Gasteiger partial charge is 0.491 e. The van der Waals surface area contributed by atoms with Crippen molar-refractivity contribution in [1.82, 2.24) is 0 Å². The molecule has 0 aliphatic carbocycles. The molecule has 2 aromatic carbocycles. The smallest absolute Gasteiger partial charge is 0.142 e. The van der Waals surface area contributed by atoms with Crippen LogP contribution in [0, 0.1) is 11.3 Å². The second kappa shape index (κ2) is 5.44. The van der Waals surface area contributed by atoms with E-state index < -0.39 is 0 Å². The van der Waals surface area contributed by atoms with Gasteiger partial charge >= 0.3 is 0 Å². The number of nitrogens with zero attached hydrogens (tertiary/aromatic N) is 2. The van der Waals surface area contributed by atoms with Crippen molar-refractivity contribution in [1.29, 1.82) is 5.26 Å². The van der Waals surface area contributed by atoms with Gasteiger partial charge in [-0.15, -0.1) is 0 Å². The standard InChI is InChI=1S/C16H13ClN2O/c17-14-10-13(7-6-12(14)11-18)19-8-3-9-20-16-5-2-1-4-15(16)19/h1-2,4-7,10H,3,8-9H2. The Morgan fingerprint density at radius 3 is 2.85 bits per heavy atom. The highest BCUT2D eigenvalue weighted by Gasteiger charge is 2.18. The minimum absolute atomic E-state index is 0.479. The molecule has 0 atom stereocenters. The van der Waals surface area contributed by atoms with Crippen molar-refractivity contribution in [3.63, 3.8) is 0 Å². The van der Waals surface area contributed by atoms with Gasteiger partial charge < -0.3 is 9.64 Å². The molecular weight excluding hydrogens is 272 g/mol. The molecule has 0 N–H and O–H groups in total. The Labute approximate surface area is 123 Å². The quantitative estimate of drug-likeness (QED) is 0.790. The summed E-state index contributed by atoms with van der Waals surface area (Å²) in [4.78, 5) is 2.18. The van der Waals surface area contributed by atoms with Crippen molar-refractivity contribution >= 4 is 23.0 Å². The van der Waals surface area contributed by atoms with Gasteiger partial charge in [0.25, 0.3) is 0 Å². The molecule has 1 heterocycles. The number of fused-ring (bicyclic) bond motifs is 1. The Kier molecular flexibility index (Phi) is 3.49. The lowest BCUT2D eigenvalue weighted by Gasteiger charge is -2.24. The van der Waals surface area contributed by atoms with Crippen LogP contribution in [0.3, 0.4) is 0 Å². The van der Waals surface area contributed by atoms with Crippen molar-refractivity contribution in [2.75, 3.05) is 18.1 Å². The van der Waals surface area contributed by atoms with E-state index in [0.29, 0.717) is 17.2 Å². The Balaban J connectivity index is 2.06. The van der Waals surface area contributed by atoms with Crippen molar-refractivity contribution in [3.05, 3.63) is 53.1 Å². The van der Waals surface area contributed by atoms with E-state index in [9.17, 15) is 0 Å². The highest BCUT2D eigenvalue weighted by atomic mass is 35.5. The van der Waals surface area contributed by atoms with E-state index in [1.807, 2.05) is 36.4 Å². The average Bonchev–Trinajstić information content (AvgIpc) is 2.69. The van der Waals surface area contributed by atoms with Gasteiger partial charge in [0.2, 0.25) is 0 Å². The molecule has 0 saturated carbocycles. The van der Waals surface area contributed by atoms with Gasteiger partial charge in [-0.3, -0.25) is 0 Å². The molecule has 100 valence electrons. The number of hydrogen-bond donors (Lipinski definition) is 0. The van der Waals surface area contributed by atoms with E-state index in [4.69, 9.17) is 21.6 Å². The molecule has 0 radical (unpaired) electrons. The van der Waals surface area contributed by atoms with Gasteiger partial charge in [0.1, 0.15) is 11.8 Å². The SMILES string of the molecule is N#Cc1ccc(N2CCCOc3ccccc32)cc1Cl. The topological polar surface area (TPSA) is 36.3 Å². The number of para-hydroxylation sites is 2. The van der Waals surface area contributed by atoms with Gasteiger partial charge in [-0.1, -0.05) is 23.7 Å². The first-order chi connectivity index (χ1) is 9.79. The molecule has 1 aliphatic rings. The Hall–Kier alpha value is -2.18. The molecule has 3 nitrogen and oxygen atoms in total. The van der Waals surface area contributed by atoms with Crippen molar-refractivity contribution in [2.24, 2.45) is 0 Å².